The Morgan fingerprint density at radius 1 is 0.371 bits per heavy atom. The summed E-state index contributed by atoms with van der Waals surface area (Å²) in [5, 5.41) is 10.2. The molecule has 3 nitrogen and oxygen atoms in total. The predicted molar refractivity (Wildman–Crippen MR) is 298 cm³/mol. The number of nitrogens with zero attached hydrogens (tertiary/aromatic N) is 3. The van der Waals surface area contributed by atoms with Crippen molar-refractivity contribution in [1.29, 1.82) is 0 Å². The van der Waals surface area contributed by atoms with Crippen LogP contribution in [0.5, 0.6) is 0 Å². The molecule has 0 unspecified atom stereocenters. The van der Waals surface area contributed by atoms with Crippen molar-refractivity contribution in [3.05, 3.63) is 248 Å². The molecule has 1 heterocycles. The molecular weight excluding hydrogens is 847 g/mol. The van der Waals surface area contributed by atoms with Crippen LogP contribution in [0.3, 0.4) is 0 Å². The molecule has 0 saturated heterocycles. The molecule has 0 N–H and O–H groups in total. The van der Waals surface area contributed by atoms with E-state index >= 15 is 0 Å². The fraction of sp³-hybridized carbons (Fsp3) is 0.0746. The maximum absolute atomic E-state index is 2.60. The van der Waals surface area contributed by atoms with E-state index in [0.29, 0.717) is 0 Å². The topological polar surface area (TPSA) is 9.72 Å². The van der Waals surface area contributed by atoms with Crippen LogP contribution in [0.1, 0.15) is 25.0 Å². The lowest BCUT2D eigenvalue weighted by Gasteiger charge is -2.41. The second-order valence-corrected chi connectivity index (χ2v) is 19.6. The fourth-order valence-electron chi connectivity index (χ4n) is 12.2. The van der Waals surface area contributed by atoms with Gasteiger partial charge in [0, 0.05) is 52.1 Å². The summed E-state index contributed by atoms with van der Waals surface area (Å²) in [6.45, 7) is 6.49. The van der Waals surface area contributed by atoms with Gasteiger partial charge in [-0.15, -0.1) is 0 Å². The third kappa shape index (κ3) is 6.07. The summed E-state index contributed by atoms with van der Waals surface area (Å²) < 4.78 is 0. The fourth-order valence-corrected chi connectivity index (χ4v) is 12.2. The van der Waals surface area contributed by atoms with E-state index < -0.39 is 0 Å². The van der Waals surface area contributed by atoms with Crippen molar-refractivity contribution >= 4 is 82.9 Å². The normalized spacial score (nSPS) is 13.8. The van der Waals surface area contributed by atoms with E-state index in [1.54, 1.807) is 0 Å². The molecule has 12 aromatic carbocycles. The first-order valence-electron chi connectivity index (χ1n) is 24.6. The molecule has 0 bridgehead atoms. The monoisotopic (exact) mass is 895 g/mol. The number of benzene rings is 12. The molecule has 0 amide bonds. The van der Waals surface area contributed by atoms with Gasteiger partial charge in [-0.2, -0.15) is 0 Å². The summed E-state index contributed by atoms with van der Waals surface area (Å²) in [7, 11) is 0. The molecule has 0 saturated carbocycles. The highest BCUT2D eigenvalue weighted by Gasteiger charge is 2.38. The maximum atomic E-state index is 2.60. The van der Waals surface area contributed by atoms with Crippen LogP contribution in [0.15, 0.2) is 237 Å². The first kappa shape index (κ1) is 40.4. The zero-order chi connectivity index (χ0) is 46.5. The van der Waals surface area contributed by atoms with Crippen molar-refractivity contribution < 1.29 is 0 Å². The molecule has 0 radical (unpaired) electrons. The Morgan fingerprint density at radius 2 is 0.943 bits per heavy atom. The highest BCUT2D eigenvalue weighted by atomic mass is 15.3. The molecule has 332 valence electrons. The van der Waals surface area contributed by atoms with Crippen molar-refractivity contribution in [3.63, 3.8) is 0 Å². The molecule has 12 aromatic rings. The average Bonchev–Trinajstić information content (AvgIpc) is 3.65. The van der Waals surface area contributed by atoms with Gasteiger partial charge in [0.2, 0.25) is 0 Å². The smallest absolute Gasteiger partial charge is 0.0733 e. The summed E-state index contributed by atoms with van der Waals surface area (Å²) in [5.41, 5.74) is 18.0. The van der Waals surface area contributed by atoms with Crippen LogP contribution >= 0.6 is 0 Å². The Labute approximate surface area is 409 Å². The Morgan fingerprint density at radius 3 is 1.67 bits per heavy atom. The number of fused-ring (bicyclic) bond motifs is 6. The number of para-hydroxylation sites is 3. The van der Waals surface area contributed by atoms with E-state index in [4.69, 9.17) is 0 Å². The van der Waals surface area contributed by atoms with Gasteiger partial charge < -0.3 is 14.7 Å². The van der Waals surface area contributed by atoms with Crippen LogP contribution < -0.4 is 14.7 Å². The minimum Gasteiger partial charge on any atom is -0.338 e. The molecular formula is C67H49N3. The first-order valence-corrected chi connectivity index (χ1v) is 24.6. The molecule has 0 atom stereocenters. The van der Waals surface area contributed by atoms with Gasteiger partial charge in [-0.25, -0.2) is 0 Å². The highest BCUT2D eigenvalue weighted by Crippen LogP contribution is 2.57. The van der Waals surface area contributed by atoms with Gasteiger partial charge in [0.05, 0.1) is 22.7 Å². The summed E-state index contributed by atoms with van der Waals surface area (Å²) in [5.74, 6) is 0. The Hall–Kier alpha value is -8.66. The predicted octanol–water partition coefficient (Wildman–Crippen LogP) is 18.1. The first-order chi connectivity index (χ1) is 34.5. The van der Waals surface area contributed by atoms with E-state index in [2.05, 4.69) is 265 Å². The number of rotatable bonds is 7. The molecule has 0 fully saturated rings. The number of anilines is 7. The summed E-state index contributed by atoms with van der Waals surface area (Å²) in [6, 6.07) is 88.3. The molecule has 3 heteroatoms. The summed E-state index contributed by atoms with van der Waals surface area (Å²) >= 11 is 0. The van der Waals surface area contributed by atoms with Gasteiger partial charge >= 0.3 is 0 Å². The van der Waals surface area contributed by atoms with Gasteiger partial charge in [0.25, 0.3) is 0 Å². The van der Waals surface area contributed by atoms with Crippen molar-refractivity contribution in [3.8, 4) is 33.4 Å². The van der Waals surface area contributed by atoms with E-state index in [1.165, 1.54) is 110 Å². The van der Waals surface area contributed by atoms with Gasteiger partial charge in [0.15, 0.2) is 0 Å². The van der Waals surface area contributed by atoms with Crippen LogP contribution in [0.2, 0.25) is 0 Å². The maximum Gasteiger partial charge on any atom is 0.0733 e. The van der Waals surface area contributed by atoms with Crippen molar-refractivity contribution in [2.24, 2.45) is 0 Å². The largest absolute Gasteiger partial charge is 0.338 e. The van der Waals surface area contributed by atoms with Crippen molar-refractivity contribution in [2.45, 2.75) is 19.3 Å². The Bertz CT molecular complexity index is 3970. The van der Waals surface area contributed by atoms with E-state index in [1.807, 2.05) is 0 Å². The Kier molecular flexibility index (Phi) is 9.06. The molecule has 14 rings (SSSR count). The standard InChI is InChI=1S/C67H49N3/c1-67(2)58-32-13-12-27-51(58)56-42-57(54-30-17-33-61-66(54)69(49-25-10-5-11-26-49)41-40-68(61)48-23-8-4-9-24-48)62(43-59(56)67)70(50-37-34-45(35-38-50)44-18-6-3-7-19-44)60-39-36-47-22-15-29-53-52-28-14-20-46-21-16-31-55(63(46)52)65(60)64(47)53/h3-39,42-43H,40-41H2,1-2H3. The van der Waals surface area contributed by atoms with Gasteiger partial charge in [0.1, 0.15) is 0 Å². The molecule has 2 aliphatic rings. The number of hydrogen-bond acceptors (Lipinski definition) is 3. The van der Waals surface area contributed by atoms with Crippen LogP contribution in [-0.4, -0.2) is 13.1 Å². The molecule has 0 spiro atoms. The quantitative estimate of drug-likeness (QED) is 0.117. The zero-order valence-corrected chi connectivity index (χ0v) is 39.3. The minimum absolute atomic E-state index is 0.242. The van der Waals surface area contributed by atoms with Crippen molar-refractivity contribution in [1.82, 2.24) is 0 Å². The van der Waals surface area contributed by atoms with Crippen LogP contribution in [0.25, 0.3) is 76.5 Å². The van der Waals surface area contributed by atoms with E-state index in [0.717, 1.165) is 30.2 Å². The highest BCUT2D eigenvalue weighted by molar-refractivity contribution is 6.35. The average molecular weight is 896 g/mol. The third-order valence-electron chi connectivity index (χ3n) is 15.5. The van der Waals surface area contributed by atoms with Crippen molar-refractivity contribution in [2.75, 3.05) is 27.8 Å². The molecule has 1 aliphatic carbocycles. The summed E-state index contributed by atoms with van der Waals surface area (Å²) in [6.07, 6.45) is 0. The van der Waals surface area contributed by atoms with Gasteiger partial charge in [-0.1, -0.05) is 190 Å². The molecule has 70 heavy (non-hydrogen) atoms. The lowest BCUT2D eigenvalue weighted by molar-refractivity contribution is 0.660. The second-order valence-electron chi connectivity index (χ2n) is 19.6. The van der Waals surface area contributed by atoms with E-state index in [9.17, 15) is 0 Å². The third-order valence-corrected chi connectivity index (χ3v) is 15.5. The van der Waals surface area contributed by atoms with Crippen LogP contribution in [0, 0.1) is 0 Å². The van der Waals surface area contributed by atoms with Gasteiger partial charge in [-0.05, 0) is 132 Å². The van der Waals surface area contributed by atoms with Crippen LogP contribution in [-0.2, 0) is 5.41 Å². The summed E-state index contributed by atoms with van der Waals surface area (Å²) in [4.78, 5) is 7.67. The van der Waals surface area contributed by atoms with Crippen LogP contribution in [0.4, 0.5) is 39.8 Å². The van der Waals surface area contributed by atoms with E-state index in [-0.39, 0.29) is 5.41 Å². The zero-order valence-electron chi connectivity index (χ0n) is 39.3. The lowest BCUT2D eigenvalue weighted by atomic mass is 9.81. The Balaban J connectivity index is 1.12. The second kappa shape index (κ2) is 15.7. The van der Waals surface area contributed by atoms with Gasteiger partial charge in [-0.3, -0.25) is 0 Å². The molecule has 0 aromatic heterocycles. The SMILES string of the molecule is CC1(C)c2ccccc2-c2cc(-c3cccc4c3N(c3ccccc3)CCN4c3ccccc3)c(N(c3ccc(-c4ccccc4)cc3)c3ccc4cccc5c6cccc7cccc(c3c45)c76)cc21. The lowest BCUT2D eigenvalue weighted by Crippen LogP contribution is -2.36. The minimum atomic E-state index is -0.242. The molecule has 1 aliphatic heterocycles. The number of hydrogen-bond donors (Lipinski definition) is 0.